The molecule has 0 bridgehead atoms. The molecule has 0 aliphatic carbocycles. The van der Waals surface area contributed by atoms with Crippen molar-refractivity contribution >= 4 is 32.8 Å². The van der Waals surface area contributed by atoms with E-state index in [1.54, 1.807) is 6.92 Å². The lowest BCUT2D eigenvalue weighted by molar-refractivity contribution is -0.141. The Morgan fingerprint density at radius 3 is 2.88 bits per heavy atom. The third kappa shape index (κ3) is 2.36. The largest absolute Gasteiger partial charge is 0.481 e. The Morgan fingerprint density at radius 2 is 2.24 bits per heavy atom. The van der Waals surface area contributed by atoms with Crippen molar-refractivity contribution in [3.63, 3.8) is 0 Å². The number of nitrogens with one attached hydrogen (secondary N) is 1. The molecule has 0 amide bonds. The van der Waals surface area contributed by atoms with Gasteiger partial charge in [0, 0.05) is 27.5 Å². The van der Waals surface area contributed by atoms with Gasteiger partial charge in [-0.1, -0.05) is 22.9 Å². The molecule has 2 rings (SSSR count). The normalized spacial score (nSPS) is 12.9. The maximum atomic E-state index is 10.9. The quantitative estimate of drug-likeness (QED) is 0.910. The van der Waals surface area contributed by atoms with Crippen LogP contribution in [0.25, 0.3) is 10.9 Å². The molecule has 3 nitrogen and oxygen atoms in total. The molecule has 0 spiro atoms. The van der Waals surface area contributed by atoms with E-state index in [1.165, 1.54) is 0 Å². The van der Waals surface area contributed by atoms with Crippen LogP contribution in [-0.2, 0) is 11.2 Å². The molecule has 90 valence electrons. The molecule has 1 atom stereocenters. The second-order valence-electron chi connectivity index (χ2n) is 4.36. The van der Waals surface area contributed by atoms with E-state index in [1.807, 2.05) is 19.1 Å². The highest BCUT2D eigenvalue weighted by atomic mass is 79.9. The van der Waals surface area contributed by atoms with Crippen LogP contribution >= 0.6 is 15.9 Å². The molecular formula is C13H14BrNO2. The predicted molar refractivity (Wildman–Crippen MR) is 71.2 cm³/mol. The zero-order valence-electron chi connectivity index (χ0n) is 9.75. The van der Waals surface area contributed by atoms with Crippen molar-refractivity contribution < 1.29 is 9.90 Å². The minimum atomic E-state index is -0.760. The Bertz CT molecular complexity index is 574. The lowest BCUT2D eigenvalue weighted by Gasteiger charge is -2.04. The van der Waals surface area contributed by atoms with Crippen molar-refractivity contribution in [1.29, 1.82) is 0 Å². The van der Waals surface area contributed by atoms with E-state index in [-0.39, 0.29) is 5.92 Å². The Hall–Kier alpha value is -1.29. The number of halogens is 1. The van der Waals surface area contributed by atoms with Gasteiger partial charge in [0.15, 0.2) is 0 Å². The van der Waals surface area contributed by atoms with E-state index in [9.17, 15) is 4.79 Å². The van der Waals surface area contributed by atoms with Gasteiger partial charge < -0.3 is 10.1 Å². The van der Waals surface area contributed by atoms with Crippen LogP contribution in [0.5, 0.6) is 0 Å². The first-order valence-corrected chi connectivity index (χ1v) is 6.28. The number of H-pyrrole nitrogens is 1. The fourth-order valence-corrected chi connectivity index (χ4v) is 2.31. The summed E-state index contributed by atoms with van der Waals surface area (Å²) in [6.45, 7) is 3.75. The number of hydrogen-bond acceptors (Lipinski definition) is 1. The van der Waals surface area contributed by atoms with E-state index >= 15 is 0 Å². The average Bonchev–Trinajstić information content (AvgIpc) is 2.56. The van der Waals surface area contributed by atoms with Crippen LogP contribution in [0.4, 0.5) is 0 Å². The summed E-state index contributed by atoms with van der Waals surface area (Å²) in [5.41, 5.74) is 3.20. The SMILES string of the molecule is Cc1c(CC(C)C(=O)O)[nH]c2ccc(Br)cc12. The van der Waals surface area contributed by atoms with Gasteiger partial charge in [-0.3, -0.25) is 4.79 Å². The van der Waals surface area contributed by atoms with Crippen molar-refractivity contribution in [2.24, 2.45) is 5.92 Å². The predicted octanol–water partition coefficient (Wildman–Crippen LogP) is 3.50. The van der Waals surface area contributed by atoms with Gasteiger partial charge in [-0.25, -0.2) is 0 Å². The summed E-state index contributed by atoms with van der Waals surface area (Å²) < 4.78 is 1.03. The molecule has 0 saturated carbocycles. The minimum absolute atomic E-state index is 0.370. The summed E-state index contributed by atoms with van der Waals surface area (Å²) in [6, 6.07) is 6.03. The molecule has 2 aromatic rings. The van der Waals surface area contributed by atoms with Crippen molar-refractivity contribution in [2.45, 2.75) is 20.3 Å². The van der Waals surface area contributed by atoms with E-state index in [0.29, 0.717) is 6.42 Å². The molecule has 0 aliphatic heterocycles. The first kappa shape index (κ1) is 12.2. The molecular weight excluding hydrogens is 282 g/mol. The lowest BCUT2D eigenvalue weighted by Crippen LogP contribution is -2.12. The molecule has 1 heterocycles. The molecule has 2 N–H and O–H groups in total. The number of aromatic nitrogens is 1. The second kappa shape index (κ2) is 4.53. The zero-order valence-corrected chi connectivity index (χ0v) is 11.3. The smallest absolute Gasteiger partial charge is 0.306 e. The summed E-state index contributed by atoms with van der Waals surface area (Å²) >= 11 is 3.44. The van der Waals surface area contributed by atoms with Crippen LogP contribution in [0.15, 0.2) is 22.7 Å². The van der Waals surface area contributed by atoms with Crippen molar-refractivity contribution in [3.05, 3.63) is 33.9 Å². The summed E-state index contributed by atoms with van der Waals surface area (Å²) in [5.74, 6) is -1.13. The number of benzene rings is 1. The Labute approximate surface area is 108 Å². The van der Waals surface area contributed by atoms with Gasteiger partial charge in [0.05, 0.1) is 5.92 Å². The highest BCUT2D eigenvalue weighted by Gasteiger charge is 2.15. The Kier molecular flexibility index (Phi) is 3.24. The van der Waals surface area contributed by atoms with Gasteiger partial charge in [-0.2, -0.15) is 0 Å². The Morgan fingerprint density at radius 1 is 1.53 bits per heavy atom. The van der Waals surface area contributed by atoms with Gasteiger partial charge >= 0.3 is 5.97 Å². The summed E-state index contributed by atoms with van der Waals surface area (Å²) in [6.07, 6.45) is 0.535. The third-order valence-electron chi connectivity index (χ3n) is 3.06. The van der Waals surface area contributed by atoms with E-state index in [4.69, 9.17) is 5.11 Å². The van der Waals surface area contributed by atoms with Crippen molar-refractivity contribution in [1.82, 2.24) is 4.98 Å². The van der Waals surface area contributed by atoms with E-state index in [0.717, 1.165) is 26.6 Å². The first-order valence-electron chi connectivity index (χ1n) is 5.48. The van der Waals surface area contributed by atoms with Crippen LogP contribution in [0.3, 0.4) is 0 Å². The number of carboxylic acids is 1. The molecule has 17 heavy (non-hydrogen) atoms. The zero-order chi connectivity index (χ0) is 12.6. The third-order valence-corrected chi connectivity index (χ3v) is 3.55. The number of fused-ring (bicyclic) bond motifs is 1. The fourth-order valence-electron chi connectivity index (χ4n) is 1.95. The van der Waals surface area contributed by atoms with Crippen LogP contribution in [-0.4, -0.2) is 16.1 Å². The van der Waals surface area contributed by atoms with Gasteiger partial charge in [-0.15, -0.1) is 0 Å². The molecule has 0 radical (unpaired) electrons. The topological polar surface area (TPSA) is 53.1 Å². The number of aryl methyl sites for hydroxylation is 1. The highest BCUT2D eigenvalue weighted by Crippen LogP contribution is 2.26. The number of hydrogen-bond donors (Lipinski definition) is 2. The Balaban J connectivity index is 2.42. The van der Waals surface area contributed by atoms with Crippen LogP contribution < -0.4 is 0 Å². The second-order valence-corrected chi connectivity index (χ2v) is 5.28. The molecule has 1 unspecified atom stereocenters. The maximum absolute atomic E-state index is 10.9. The van der Waals surface area contributed by atoms with Gasteiger partial charge in [0.2, 0.25) is 0 Å². The number of aromatic amines is 1. The van der Waals surface area contributed by atoms with E-state index in [2.05, 4.69) is 27.0 Å². The van der Waals surface area contributed by atoms with Crippen molar-refractivity contribution in [2.75, 3.05) is 0 Å². The molecule has 1 aromatic carbocycles. The minimum Gasteiger partial charge on any atom is -0.481 e. The standard InChI is InChI=1S/C13H14BrNO2/c1-7(13(16)17)5-12-8(2)10-6-9(14)3-4-11(10)15-12/h3-4,6-7,15H,5H2,1-2H3,(H,16,17). The van der Waals surface area contributed by atoms with Crippen LogP contribution in [0, 0.1) is 12.8 Å². The maximum Gasteiger partial charge on any atom is 0.306 e. The fraction of sp³-hybridized carbons (Fsp3) is 0.308. The van der Waals surface area contributed by atoms with Gasteiger partial charge in [-0.05, 0) is 30.7 Å². The van der Waals surface area contributed by atoms with Gasteiger partial charge in [0.25, 0.3) is 0 Å². The lowest BCUT2D eigenvalue weighted by atomic mass is 10.0. The number of rotatable bonds is 3. The van der Waals surface area contributed by atoms with Crippen molar-refractivity contribution in [3.8, 4) is 0 Å². The molecule has 4 heteroatoms. The molecule has 0 fully saturated rings. The molecule has 1 aromatic heterocycles. The van der Waals surface area contributed by atoms with Gasteiger partial charge in [0.1, 0.15) is 0 Å². The summed E-state index contributed by atoms with van der Waals surface area (Å²) in [7, 11) is 0. The van der Waals surface area contributed by atoms with E-state index < -0.39 is 5.97 Å². The number of carbonyl (C=O) groups is 1. The highest BCUT2D eigenvalue weighted by molar-refractivity contribution is 9.10. The molecule has 0 saturated heterocycles. The van der Waals surface area contributed by atoms with Crippen LogP contribution in [0.1, 0.15) is 18.2 Å². The molecule has 0 aliphatic rings. The summed E-state index contributed by atoms with van der Waals surface area (Å²) in [4.78, 5) is 14.2. The summed E-state index contributed by atoms with van der Waals surface area (Å²) in [5, 5.41) is 10.1. The number of aliphatic carboxylic acids is 1. The first-order chi connectivity index (χ1) is 7.99. The van der Waals surface area contributed by atoms with Crippen LogP contribution in [0.2, 0.25) is 0 Å². The average molecular weight is 296 g/mol. The number of carboxylic acid groups (broad SMARTS) is 1. The monoisotopic (exact) mass is 295 g/mol.